The number of esters is 2. The highest BCUT2D eigenvalue weighted by molar-refractivity contribution is 7.85. The lowest BCUT2D eigenvalue weighted by Gasteiger charge is -2.22. The van der Waals surface area contributed by atoms with Crippen LogP contribution in [0.4, 0.5) is 22.7 Å². The summed E-state index contributed by atoms with van der Waals surface area (Å²) >= 11 is 0. The first-order valence-corrected chi connectivity index (χ1v) is 15.3. The van der Waals surface area contributed by atoms with Gasteiger partial charge in [0.15, 0.2) is 0 Å². The summed E-state index contributed by atoms with van der Waals surface area (Å²) in [5, 5.41) is 6.48. The van der Waals surface area contributed by atoms with Gasteiger partial charge in [0.1, 0.15) is 0 Å². The van der Waals surface area contributed by atoms with E-state index < -0.39 is 28.0 Å². The van der Waals surface area contributed by atoms with Crippen LogP contribution in [0.5, 0.6) is 0 Å². The van der Waals surface area contributed by atoms with Gasteiger partial charge in [-0.1, -0.05) is 66.7 Å². The zero-order valence-electron chi connectivity index (χ0n) is 24.4. The van der Waals surface area contributed by atoms with E-state index in [9.17, 15) is 22.6 Å². The standard InChI is InChI=1S/C35H30N2O7S/c1-43-34(38)27-9-3-6-12-30(27)36-25-19-15-23(16-20-25)33(29-11-5-8-14-32(29)45(40,41)42)24-17-21-26(22-18-24)37-31-13-7-4-10-28(31)35(39)44-2/h3-22,33,36-37H,1-2H3,(H,40,41,42). The number of carbonyl (C=O) groups is 2. The van der Waals surface area contributed by atoms with Crippen molar-refractivity contribution in [1.29, 1.82) is 0 Å². The Balaban J connectivity index is 1.51. The predicted octanol–water partition coefficient (Wildman–Crippen LogP) is 7.17. The number of ether oxygens (including phenoxy) is 2. The second-order valence-electron chi connectivity index (χ2n) is 10.0. The normalized spacial score (nSPS) is 11.1. The van der Waals surface area contributed by atoms with Crippen LogP contribution in [0, 0.1) is 0 Å². The molecule has 0 saturated carbocycles. The van der Waals surface area contributed by atoms with Crippen molar-refractivity contribution in [2.45, 2.75) is 10.8 Å². The third-order valence-corrected chi connectivity index (χ3v) is 8.15. The first-order chi connectivity index (χ1) is 21.7. The molecular formula is C35H30N2O7S. The number of carbonyl (C=O) groups excluding carboxylic acids is 2. The Labute approximate surface area is 261 Å². The number of rotatable bonds is 10. The molecule has 0 fully saturated rings. The minimum absolute atomic E-state index is 0.196. The highest BCUT2D eigenvalue weighted by Crippen LogP contribution is 2.37. The molecule has 0 saturated heterocycles. The van der Waals surface area contributed by atoms with Gasteiger partial charge in [-0.2, -0.15) is 8.42 Å². The maximum atomic E-state index is 12.4. The molecule has 5 rings (SSSR count). The average Bonchev–Trinajstić information content (AvgIpc) is 3.06. The molecule has 0 aliphatic rings. The van der Waals surface area contributed by atoms with E-state index in [1.165, 1.54) is 20.3 Å². The van der Waals surface area contributed by atoms with Crippen molar-refractivity contribution in [3.63, 3.8) is 0 Å². The van der Waals surface area contributed by atoms with E-state index >= 15 is 0 Å². The van der Waals surface area contributed by atoms with Crippen LogP contribution >= 0.6 is 0 Å². The van der Waals surface area contributed by atoms with Crippen LogP contribution in [0.3, 0.4) is 0 Å². The number of hydrogen-bond acceptors (Lipinski definition) is 8. The molecule has 10 heteroatoms. The Kier molecular flexibility index (Phi) is 9.27. The lowest BCUT2D eigenvalue weighted by molar-refractivity contribution is 0.0593. The van der Waals surface area contributed by atoms with Crippen LogP contribution in [0.2, 0.25) is 0 Å². The van der Waals surface area contributed by atoms with Crippen molar-refractivity contribution in [2.24, 2.45) is 0 Å². The molecule has 5 aromatic carbocycles. The van der Waals surface area contributed by atoms with Crippen molar-refractivity contribution in [3.05, 3.63) is 149 Å². The van der Waals surface area contributed by atoms with Crippen molar-refractivity contribution in [2.75, 3.05) is 24.9 Å². The van der Waals surface area contributed by atoms with E-state index in [1.807, 2.05) is 48.5 Å². The maximum Gasteiger partial charge on any atom is 0.339 e. The first-order valence-electron chi connectivity index (χ1n) is 13.8. The molecule has 0 radical (unpaired) electrons. The molecule has 0 atom stereocenters. The zero-order chi connectivity index (χ0) is 32.0. The Morgan fingerprint density at radius 2 is 1.00 bits per heavy atom. The lowest BCUT2D eigenvalue weighted by atomic mass is 9.85. The minimum atomic E-state index is -4.54. The SMILES string of the molecule is COC(=O)c1ccccc1Nc1ccc(C(c2ccc(Nc3ccccc3C(=O)OC)cc2)c2ccccc2S(=O)(=O)O)cc1. The van der Waals surface area contributed by atoms with E-state index in [0.717, 1.165) is 11.1 Å². The van der Waals surface area contributed by atoms with Crippen molar-refractivity contribution >= 4 is 44.8 Å². The van der Waals surface area contributed by atoms with E-state index in [0.29, 0.717) is 39.4 Å². The number of hydrogen-bond donors (Lipinski definition) is 3. The zero-order valence-corrected chi connectivity index (χ0v) is 25.2. The maximum absolute atomic E-state index is 12.4. The topological polar surface area (TPSA) is 131 Å². The van der Waals surface area contributed by atoms with E-state index in [2.05, 4.69) is 10.6 Å². The Bertz CT molecular complexity index is 1840. The van der Waals surface area contributed by atoms with Gasteiger partial charge in [0.2, 0.25) is 0 Å². The number of methoxy groups -OCH3 is 2. The van der Waals surface area contributed by atoms with Gasteiger partial charge < -0.3 is 20.1 Å². The molecule has 0 bridgehead atoms. The number of nitrogens with one attached hydrogen (secondary N) is 2. The van der Waals surface area contributed by atoms with Gasteiger partial charge >= 0.3 is 11.9 Å². The summed E-state index contributed by atoms with van der Waals surface area (Å²) in [6.45, 7) is 0. The molecule has 0 amide bonds. The van der Waals surface area contributed by atoms with Crippen LogP contribution in [-0.2, 0) is 19.6 Å². The molecule has 0 aliphatic carbocycles. The molecule has 0 aromatic heterocycles. The Morgan fingerprint density at radius 1 is 0.600 bits per heavy atom. The van der Waals surface area contributed by atoms with Crippen LogP contribution in [0.15, 0.2) is 126 Å². The quantitative estimate of drug-likeness (QED) is 0.0842. The molecule has 5 aromatic rings. The van der Waals surface area contributed by atoms with Gasteiger partial charge in [-0.3, -0.25) is 4.55 Å². The summed E-state index contributed by atoms with van der Waals surface area (Å²) in [4.78, 5) is 24.3. The first kappa shape index (κ1) is 31.0. The summed E-state index contributed by atoms with van der Waals surface area (Å²) in [7, 11) is -1.89. The second-order valence-corrected chi connectivity index (χ2v) is 11.4. The fourth-order valence-electron chi connectivity index (χ4n) is 5.09. The van der Waals surface area contributed by atoms with Crippen LogP contribution in [-0.4, -0.2) is 39.1 Å². The third-order valence-electron chi connectivity index (χ3n) is 7.22. The van der Waals surface area contributed by atoms with Gasteiger partial charge in [-0.25, -0.2) is 9.59 Å². The molecule has 9 nitrogen and oxygen atoms in total. The predicted molar refractivity (Wildman–Crippen MR) is 172 cm³/mol. The average molecular weight is 623 g/mol. The molecule has 0 spiro atoms. The van der Waals surface area contributed by atoms with Gasteiger partial charge in [0, 0.05) is 17.3 Å². The van der Waals surface area contributed by atoms with Gasteiger partial charge in [-0.05, 0) is 71.3 Å². The van der Waals surface area contributed by atoms with Crippen molar-refractivity contribution < 1.29 is 32.0 Å². The summed E-state index contributed by atoms with van der Waals surface area (Å²) in [5.74, 6) is -1.51. The van der Waals surface area contributed by atoms with E-state index in [1.54, 1.807) is 66.7 Å². The number of benzene rings is 5. The number of anilines is 4. The van der Waals surface area contributed by atoms with Crippen molar-refractivity contribution in [1.82, 2.24) is 0 Å². The largest absolute Gasteiger partial charge is 0.465 e. The number of para-hydroxylation sites is 2. The smallest absolute Gasteiger partial charge is 0.339 e. The van der Waals surface area contributed by atoms with E-state index in [4.69, 9.17) is 9.47 Å². The molecule has 3 N–H and O–H groups in total. The summed E-state index contributed by atoms with van der Waals surface area (Å²) in [6.07, 6.45) is 0. The van der Waals surface area contributed by atoms with Gasteiger partial charge in [0.25, 0.3) is 10.1 Å². The molecule has 45 heavy (non-hydrogen) atoms. The summed E-state index contributed by atoms with van der Waals surface area (Å²) < 4.78 is 44.7. The third kappa shape index (κ3) is 7.04. The molecule has 0 aliphatic heterocycles. The van der Waals surface area contributed by atoms with Crippen LogP contribution < -0.4 is 10.6 Å². The highest BCUT2D eigenvalue weighted by atomic mass is 32.2. The molecule has 228 valence electrons. The van der Waals surface area contributed by atoms with Crippen LogP contribution in [0.1, 0.15) is 43.3 Å². The molecule has 0 unspecified atom stereocenters. The monoisotopic (exact) mass is 622 g/mol. The Hall–Kier alpha value is -5.45. The fraction of sp³-hybridized carbons (Fsp3) is 0.0857. The van der Waals surface area contributed by atoms with Crippen molar-refractivity contribution in [3.8, 4) is 0 Å². The fourth-order valence-corrected chi connectivity index (χ4v) is 5.83. The summed E-state index contributed by atoms with van der Waals surface area (Å²) in [5.41, 5.74) is 5.21. The van der Waals surface area contributed by atoms with E-state index in [-0.39, 0.29) is 4.90 Å². The Morgan fingerprint density at radius 3 is 1.42 bits per heavy atom. The molecule has 0 heterocycles. The van der Waals surface area contributed by atoms with Gasteiger partial charge in [-0.15, -0.1) is 0 Å². The minimum Gasteiger partial charge on any atom is -0.465 e. The van der Waals surface area contributed by atoms with Crippen LogP contribution in [0.25, 0.3) is 0 Å². The molecular weight excluding hydrogens is 592 g/mol. The highest BCUT2D eigenvalue weighted by Gasteiger charge is 2.25. The summed E-state index contributed by atoms with van der Waals surface area (Å²) in [6, 6.07) is 35.0. The lowest BCUT2D eigenvalue weighted by Crippen LogP contribution is -2.10. The van der Waals surface area contributed by atoms with Gasteiger partial charge in [0.05, 0.1) is 41.6 Å². The second kappa shape index (κ2) is 13.5.